The lowest BCUT2D eigenvalue weighted by molar-refractivity contribution is 0.590. The molecule has 148 valence electrons. The number of aromatic nitrogens is 10. The summed E-state index contributed by atoms with van der Waals surface area (Å²) in [4.78, 5) is 16.1. The molecule has 1 atom stereocenters. The molecular weight excluding hydrogens is 402 g/mol. The zero-order valence-electron chi connectivity index (χ0n) is 15.8. The number of hydrogen-bond donors (Lipinski definition) is 2. The Morgan fingerprint density at radius 1 is 1.17 bits per heavy atom. The van der Waals surface area contributed by atoms with E-state index in [4.69, 9.17) is 4.98 Å². The van der Waals surface area contributed by atoms with E-state index in [1.54, 1.807) is 31.1 Å². The fraction of sp³-hybridized carbons (Fsp3) is 0.167. The molecule has 6 heterocycles. The summed E-state index contributed by atoms with van der Waals surface area (Å²) in [5.74, 6) is 2.16. The zero-order chi connectivity index (χ0) is 20.1. The topological polar surface area (TPSA) is 130 Å². The van der Waals surface area contributed by atoms with Crippen LogP contribution in [0.2, 0.25) is 0 Å². The number of rotatable bonds is 4. The van der Waals surface area contributed by atoms with Crippen LogP contribution in [0.15, 0.2) is 42.7 Å². The SMILES string of the molecule is CCC1c2nncn2-c2cnc(-c3cn[nH]c3-c3nccs3)nc2N1c1cn[nH]c1. The third-order valence-corrected chi connectivity index (χ3v) is 5.89. The Morgan fingerprint density at radius 3 is 2.93 bits per heavy atom. The molecule has 0 saturated carbocycles. The van der Waals surface area contributed by atoms with E-state index in [9.17, 15) is 0 Å². The molecule has 11 nitrogen and oxygen atoms in total. The van der Waals surface area contributed by atoms with Crippen molar-refractivity contribution in [3.8, 4) is 27.8 Å². The fourth-order valence-corrected chi connectivity index (χ4v) is 4.42. The van der Waals surface area contributed by atoms with Gasteiger partial charge in [-0.05, 0) is 6.42 Å². The fourth-order valence-electron chi connectivity index (χ4n) is 3.77. The number of thiazole rings is 1. The minimum atomic E-state index is -0.0388. The Hall–Kier alpha value is -3.93. The van der Waals surface area contributed by atoms with Gasteiger partial charge in [0.15, 0.2) is 17.5 Å². The molecule has 1 aliphatic heterocycles. The van der Waals surface area contributed by atoms with Gasteiger partial charge in [0.05, 0.1) is 35.9 Å². The average Bonchev–Trinajstić information content (AvgIpc) is 3.57. The predicted molar refractivity (Wildman–Crippen MR) is 109 cm³/mol. The summed E-state index contributed by atoms with van der Waals surface area (Å²) >= 11 is 1.53. The molecule has 12 heteroatoms. The van der Waals surface area contributed by atoms with Gasteiger partial charge in [0.2, 0.25) is 0 Å². The highest BCUT2D eigenvalue weighted by Crippen LogP contribution is 2.43. The number of hydrogen-bond acceptors (Lipinski definition) is 9. The first-order chi connectivity index (χ1) is 14.8. The molecule has 1 unspecified atom stereocenters. The summed E-state index contributed by atoms with van der Waals surface area (Å²) in [6.45, 7) is 2.11. The molecule has 30 heavy (non-hydrogen) atoms. The van der Waals surface area contributed by atoms with Crippen LogP contribution in [0.1, 0.15) is 25.2 Å². The molecule has 5 aromatic rings. The number of H-pyrrole nitrogens is 2. The van der Waals surface area contributed by atoms with Crippen molar-refractivity contribution in [2.75, 3.05) is 4.90 Å². The summed E-state index contributed by atoms with van der Waals surface area (Å²) in [7, 11) is 0. The van der Waals surface area contributed by atoms with Crippen LogP contribution in [0.4, 0.5) is 11.5 Å². The Labute approximate surface area is 173 Å². The van der Waals surface area contributed by atoms with Crippen molar-refractivity contribution in [1.82, 2.24) is 50.1 Å². The van der Waals surface area contributed by atoms with Gasteiger partial charge in [-0.25, -0.2) is 15.0 Å². The second-order valence-corrected chi connectivity index (χ2v) is 7.60. The van der Waals surface area contributed by atoms with Crippen LogP contribution in [0.3, 0.4) is 0 Å². The first-order valence-electron chi connectivity index (χ1n) is 9.34. The summed E-state index contributed by atoms with van der Waals surface area (Å²) < 4.78 is 1.95. The van der Waals surface area contributed by atoms with Gasteiger partial charge < -0.3 is 4.90 Å². The molecule has 2 N–H and O–H groups in total. The quantitative estimate of drug-likeness (QED) is 0.456. The van der Waals surface area contributed by atoms with Crippen LogP contribution in [0.25, 0.3) is 27.8 Å². The van der Waals surface area contributed by atoms with Crippen molar-refractivity contribution < 1.29 is 0 Å². The normalized spacial score (nSPS) is 15.2. The number of nitrogens with one attached hydrogen (secondary N) is 2. The lowest BCUT2D eigenvalue weighted by atomic mass is 10.1. The highest BCUT2D eigenvalue weighted by Gasteiger charge is 2.35. The number of aromatic amines is 2. The molecule has 0 radical (unpaired) electrons. The smallest absolute Gasteiger partial charge is 0.165 e. The van der Waals surface area contributed by atoms with Crippen LogP contribution < -0.4 is 4.90 Å². The first-order valence-corrected chi connectivity index (χ1v) is 10.2. The van der Waals surface area contributed by atoms with Crippen LogP contribution in [0, 0.1) is 0 Å². The van der Waals surface area contributed by atoms with Crippen molar-refractivity contribution >= 4 is 22.8 Å². The number of fused-ring (bicyclic) bond motifs is 3. The highest BCUT2D eigenvalue weighted by molar-refractivity contribution is 7.13. The maximum atomic E-state index is 4.95. The van der Waals surface area contributed by atoms with Crippen LogP contribution in [-0.2, 0) is 0 Å². The molecule has 0 aromatic carbocycles. The number of nitrogens with zero attached hydrogens (tertiary/aromatic N) is 9. The summed E-state index contributed by atoms with van der Waals surface area (Å²) in [6, 6.07) is -0.0388. The van der Waals surface area contributed by atoms with Crippen molar-refractivity contribution in [1.29, 1.82) is 0 Å². The van der Waals surface area contributed by atoms with Crippen LogP contribution >= 0.6 is 11.3 Å². The molecule has 1 aliphatic rings. The van der Waals surface area contributed by atoms with Crippen LogP contribution in [0.5, 0.6) is 0 Å². The highest BCUT2D eigenvalue weighted by atomic mass is 32.1. The van der Waals surface area contributed by atoms with Crippen molar-refractivity contribution in [3.05, 3.63) is 48.5 Å². The van der Waals surface area contributed by atoms with Gasteiger partial charge in [-0.2, -0.15) is 10.2 Å². The van der Waals surface area contributed by atoms with Gasteiger partial charge in [0, 0.05) is 17.8 Å². The molecular formula is C18H15N11S. The van der Waals surface area contributed by atoms with E-state index < -0.39 is 0 Å². The summed E-state index contributed by atoms with van der Waals surface area (Å²) in [6.07, 6.45) is 11.4. The van der Waals surface area contributed by atoms with E-state index in [0.29, 0.717) is 5.82 Å². The van der Waals surface area contributed by atoms with E-state index in [-0.39, 0.29) is 6.04 Å². The Morgan fingerprint density at radius 2 is 2.13 bits per heavy atom. The molecule has 0 aliphatic carbocycles. The molecule has 0 spiro atoms. The van der Waals surface area contributed by atoms with E-state index in [0.717, 1.165) is 45.7 Å². The van der Waals surface area contributed by atoms with Crippen molar-refractivity contribution in [2.24, 2.45) is 0 Å². The molecule has 0 bridgehead atoms. The lowest BCUT2D eigenvalue weighted by Crippen LogP contribution is -2.32. The lowest BCUT2D eigenvalue weighted by Gasteiger charge is -2.35. The van der Waals surface area contributed by atoms with Crippen LogP contribution in [-0.4, -0.2) is 50.1 Å². The van der Waals surface area contributed by atoms with Gasteiger partial charge in [-0.3, -0.25) is 14.8 Å². The van der Waals surface area contributed by atoms with Crippen molar-refractivity contribution in [3.63, 3.8) is 0 Å². The summed E-state index contributed by atoms with van der Waals surface area (Å²) in [5.41, 5.74) is 3.30. The molecule has 6 rings (SSSR count). The second kappa shape index (κ2) is 6.56. The first kappa shape index (κ1) is 17.0. The Balaban J connectivity index is 1.56. The third-order valence-electron chi connectivity index (χ3n) is 5.10. The van der Waals surface area contributed by atoms with Gasteiger partial charge >= 0.3 is 0 Å². The monoisotopic (exact) mass is 417 g/mol. The zero-order valence-corrected chi connectivity index (χ0v) is 16.6. The molecule has 5 aromatic heterocycles. The largest absolute Gasteiger partial charge is 0.311 e. The minimum Gasteiger partial charge on any atom is -0.311 e. The molecule has 0 fully saturated rings. The van der Waals surface area contributed by atoms with Gasteiger partial charge in [-0.15, -0.1) is 21.5 Å². The summed E-state index contributed by atoms with van der Waals surface area (Å²) in [5, 5.41) is 25.5. The minimum absolute atomic E-state index is 0.0388. The van der Waals surface area contributed by atoms with E-state index in [1.165, 1.54) is 11.3 Å². The Bertz CT molecular complexity index is 1300. The molecule has 0 saturated heterocycles. The maximum absolute atomic E-state index is 4.95. The maximum Gasteiger partial charge on any atom is 0.165 e. The number of anilines is 2. The molecule has 0 amide bonds. The van der Waals surface area contributed by atoms with Gasteiger partial charge in [-0.1, -0.05) is 6.92 Å². The standard InChI is InChI=1S/C18H15N11S/c1-2-12-17-27-24-9-28(17)13-8-20-15(25-16(13)29(12)10-5-21-22-6-10)11-7-23-26-14(11)18-19-3-4-30-18/h3-9,12H,2H2,1H3,(H,21,22)(H,23,26). The van der Waals surface area contributed by atoms with E-state index >= 15 is 0 Å². The van der Waals surface area contributed by atoms with Gasteiger partial charge in [0.1, 0.15) is 22.7 Å². The predicted octanol–water partition coefficient (Wildman–Crippen LogP) is 2.90. The second-order valence-electron chi connectivity index (χ2n) is 6.71. The van der Waals surface area contributed by atoms with E-state index in [1.807, 2.05) is 16.1 Å². The average molecular weight is 417 g/mol. The van der Waals surface area contributed by atoms with Crippen molar-refractivity contribution in [2.45, 2.75) is 19.4 Å². The van der Waals surface area contributed by atoms with Gasteiger partial charge in [0.25, 0.3) is 0 Å². The van der Waals surface area contributed by atoms with E-state index in [2.05, 4.69) is 52.4 Å². The third kappa shape index (κ3) is 2.40. The Kier molecular flexibility index (Phi) is 3.71.